The van der Waals surface area contributed by atoms with Crippen LogP contribution in [0, 0.1) is 6.92 Å². The molecule has 6 rings (SSSR count). The third-order valence-corrected chi connectivity index (χ3v) is 7.16. The number of anilines is 3. The van der Waals surface area contributed by atoms with Crippen molar-refractivity contribution in [2.24, 2.45) is 0 Å². The highest BCUT2D eigenvalue weighted by atomic mass is 16.6. The number of benzene rings is 4. The maximum Gasteiger partial charge on any atom is 0.340 e. The standard InChI is InChI=1S/C31H28N2O3/c1-4-33(5-2)26-19-20(3)17-18-24(26)32-25-14-10-16-28-29(25)31(23-13-8-9-15-27(23)35-28)22-12-7-6-11-21(22)30(34)36-31/h6-19,32H,4-5H2,1-3H3. The number of rotatable bonds is 5. The number of esters is 1. The molecule has 0 saturated carbocycles. The van der Waals surface area contributed by atoms with E-state index in [9.17, 15) is 4.79 Å². The number of nitrogens with one attached hydrogen (secondary N) is 1. The Balaban J connectivity index is 1.59. The Labute approximate surface area is 211 Å². The van der Waals surface area contributed by atoms with Crippen molar-refractivity contribution in [1.29, 1.82) is 0 Å². The second-order valence-corrected chi connectivity index (χ2v) is 9.21. The normalized spacial score (nSPS) is 17.0. The van der Waals surface area contributed by atoms with Gasteiger partial charge in [0.25, 0.3) is 0 Å². The quantitative estimate of drug-likeness (QED) is 0.310. The fourth-order valence-corrected chi connectivity index (χ4v) is 5.50. The summed E-state index contributed by atoms with van der Waals surface area (Å²) in [5.74, 6) is 1.02. The van der Waals surface area contributed by atoms with Crippen LogP contribution in [0.15, 0.2) is 84.9 Å². The molecule has 36 heavy (non-hydrogen) atoms. The van der Waals surface area contributed by atoms with Gasteiger partial charge in [-0.05, 0) is 62.7 Å². The van der Waals surface area contributed by atoms with Crippen LogP contribution in [0.2, 0.25) is 0 Å². The maximum absolute atomic E-state index is 13.2. The molecular weight excluding hydrogens is 448 g/mol. The van der Waals surface area contributed by atoms with Gasteiger partial charge >= 0.3 is 5.97 Å². The third kappa shape index (κ3) is 3.19. The van der Waals surface area contributed by atoms with Gasteiger partial charge in [-0.3, -0.25) is 0 Å². The number of nitrogens with zero attached hydrogens (tertiary/aromatic N) is 1. The van der Waals surface area contributed by atoms with Gasteiger partial charge < -0.3 is 19.7 Å². The van der Waals surface area contributed by atoms with E-state index in [1.807, 2.05) is 66.7 Å². The fourth-order valence-electron chi connectivity index (χ4n) is 5.50. The maximum atomic E-state index is 13.2. The summed E-state index contributed by atoms with van der Waals surface area (Å²) in [6, 6.07) is 27.8. The number of carbonyl (C=O) groups excluding carboxylic acids is 1. The summed E-state index contributed by atoms with van der Waals surface area (Å²) in [6.07, 6.45) is 0. The van der Waals surface area contributed by atoms with Crippen molar-refractivity contribution in [2.75, 3.05) is 23.3 Å². The Morgan fingerprint density at radius 3 is 2.33 bits per heavy atom. The summed E-state index contributed by atoms with van der Waals surface area (Å²) in [5.41, 5.74) is 6.07. The molecule has 5 nitrogen and oxygen atoms in total. The molecule has 1 atom stereocenters. The van der Waals surface area contributed by atoms with Crippen LogP contribution in [0.5, 0.6) is 11.5 Å². The molecule has 2 aliphatic rings. The van der Waals surface area contributed by atoms with Crippen molar-refractivity contribution in [2.45, 2.75) is 26.4 Å². The first-order chi connectivity index (χ1) is 17.6. The number of fused-ring (bicyclic) bond motifs is 6. The SMILES string of the molecule is CCN(CC)c1cc(C)ccc1Nc1cccc2c1C1(OC(=O)c3ccccc31)c1ccccc1O2. The molecule has 2 aliphatic heterocycles. The van der Waals surface area contributed by atoms with E-state index < -0.39 is 5.60 Å². The van der Waals surface area contributed by atoms with E-state index in [4.69, 9.17) is 9.47 Å². The summed E-state index contributed by atoms with van der Waals surface area (Å²) >= 11 is 0. The number of hydrogen-bond acceptors (Lipinski definition) is 5. The number of para-hydroxylation sites is 1. The zero-order valence-corrected chi connectivity index (χ0v) is 20.7. The van der Waals surface area contributed by atoms with Crippen LogP contribution in [-0.4, -0.2) is 19.1 Å². The summed E-state index contributed by atoms with van der Waals surface area (Å²) in [6.45, 7) is 8.22. The van der Waals surface area contributed by atoms with Gasteiger partial charge in [0.2, 0.25) is 0 Å². The first-order valence-corrected chi connectivity index (χ1v) is 12.4. The van der Waals surface area contributed by atoms with Crippen molar-refractivity contribution in [3.8, 4) is 11.5 Å². The van der Waals surface area contributed by atoms with E-state index in [2.05, 4.69) is 49.2 Å². The van der Waals surface area contributed by atoms with E-state index in [0.29, 0.717) is 17.1 Å². The summed E-state index contributed by atoms with van der Waals surface area (Å²) in [5, 5.41) is 3.69. The molecule has 5 heteroatoms. The fraction of sp³-hybridized carbons (Fsp3) is 0.194. The van der Waals surface area contributed by atoms with E-state index in [-0.39, 0.29) is 5.97 Å². The minimum absolute atomic E-state index is 0.331. The van der Waals surface area contributed by atoms with Gasteiger partial charge in [-0.2, -0.15) is 0 Å². The molecule has 0 bridgehead atoms. The average Bonchev–Trinajstić information content (AvgIpc) is 3.19. The van der Waals surface area contributed by atoms with Crippen LogP contribution in [-0.2, 0) is 10.3 Å². The molecule has 1 unspecified atom stereocenters. The van der Waals surface area contributed by atoms with Crippen LogP contribution < -0.4 is 15.0 Å². The van der Waals surface area contributed by atoms with Gasteiger partial charge in [-0.15, -0.1) is 0 Å². The van der Waals surface area contributed by atoms with Crippen molar-refractivity contribution in [1.82, 2.24) is 0 Å². The minimum Gasteiger partial charge on any atom is -0.456 e. The lowest BCUT2D eigenvalue weighted by molar-refractivity contribution is 0.0227. The van der Waals surface area contributed by atoms with Crippen molar-refractivity contribution in [3.63, 3.8) is 0 Å². The molecule has 4 aromatic carbocycles. The molecule has 1 N–H and O–H groups in total. The number of ether oxygens (including phenoxy) is 2. The first kappa shape index (κ1) is 22.2. The Hall–Kier alpha value is -4.25. The predicted octanol–water partition coefficient (Wildman–Crippen LogP) is 7.15. The lowest BCUT2D eigenvalue weighted by Gasteiger charge is -2.38. The number of aryl methyl sites for hydroxylation is 1. The number of hydrogen-bond donors (Lipinski definition) is 1. The Kier molecular flexibility index (Phi) is 5.22. The van der Waals surface area contributed by atoms with Gasteiger partial charge in [-0.25, -0.2) is 4.79 Å². The largest absolute Gasteiger partial charge is 0.456 e. The second-order valence-electron chi connectivity index (χ2n) is 9.21. The molecule has 0 saturated heterocycles. The topological polar surface area (TPSA) is 50.8 Å². The molecular formula is C31H28N2O3. The molecule has 0 fully saturated rings. The molecule has 2 heterocycles. The zero-order valence-electron chi connectivity index (χ0n) is 20.7. The molecule has 4 aromatic rings. The molecule has 0 amide bonds. The van der Waals surface area contributed by atoms with Crippen molar-refractivity contribution in [3.05, 3.63) is 113 Å². The molecule has 1 spiro atoms. The highest BCUT2D eigenvalue weighted by Gasteiger charge is 2.54. The van der Waals surface area contributed by atoms with Crippen molar-refractivity contribution < 1.29 is 14.3 Å². The van der Waals surface area contributed by atoms with E-state index in [1.54, 1.807) is 0 Å². The Bertz CT molecular complexity index is 1490. The highest BCUT2D eigenvalue weighted by Crippen LogP contribution is 2.58. The average molecular weight is 477 g/mol. The first-order valence-electron chi connectivity index (χ1n) is 12.4. The summed E-state index contributed by atoms with van der Waals surface area (Å²) in [7, 11) is 0. The Morgan fingerprint density at radius 2 is 1.53 bits per heavy atom. The van der Waals surface area contributed by atoms with Crippen LogP contribution in [0.1, 0.15) is 46.5 Å². The molecule has 0 aromatic heterocycles. The lowest BCUT2D eigenvalue weighted by Crippen LogP contribution is -2.33. The van der Waals surface area contributed by atoms with Crippen LogP contribution >= 0.6 is 0 Å². The molecule has 0 radical (unpaired) electrons. The van der Waals surface area contributed by atoms with Crippen molar-refractivity contribution >= 4 is 23.0 Å². The van der Waals surface area contributed by atoms with Gasteiger partial charge in [0, 0.05) is 24.2 Å². The van der Waals surface area contributed by atoms with Crippen LogP contribution in [0.25, 0.3) is 0 Å². The van der Waals surface area contributed by atoms with Crippen LogP contribution in [0.3, 0.4) is 0 Å². The predicted molar refractivity (Wildman–Crippen MR) is 143 cm³/mol. The Morgan fingerprint density at radius 1 is 0.806 bits per heavy atom. The minimum atomic E-state index is -1.11. The summed E-state index contributed by atoms with van der Waals surface area (Å²) < 4.78 is 12.8. The molecule has 180 valence electrons. The van der Waals surface area contributed by atoms with Gasteiger partial charge in [0.05, 0.1) is 28.2 Å². The van der Waals surface area contributed by atoms with E-state index >= 15 is 0 Å². The summed E-state index contributed by atoms with van der Waals surface area (Å²) in [4.78, 5) is 15.5. The van der Waals surface area contributed by atoms with Gasteiger partial charge in [0.1, 0.15) is 11.5 Å². The van der Waals surface area contributed by atoms with Crippen LogP contribution in [0.4, 0.5) is 17.1 Å². The lowest BCUT2D eigenvalue weighted by atomic mass is 9.77. The van der Waals surface area contributed by atoms with E-state index in [1.165, 1.54) is 5.56 Å². The smallest absolute Gasteiger partial charge is 0.340 e. The van der Waals surface area contributed by atoms with E-state index in [0.717, 1.165) is 46.8 Å². The zero-order chi connectivity index (χ0) is 24.9. The monoisotopic (exact) mass is 476 g/mol. The highest BCUT2D eigenvalue weighted by molar-refractivity contribution is 5.97. The third-order valence-electron chi connectivity index (χ3n) is 7.16. The van der Waals surface area contributed by atoms with Gasteiger partial charge in [-0.1, -0.05) is 48.5 Å². The molecule has 0 aliphatic carbocycles. The number of carbonyl (C=O) groups is 1. The second kappa shape index (κ2) is 8.45. The van der Waals surface area contributed by atoms with Gasteiger partial charge in [0.15, 0.2) is 5.60 Å².